The Balaban J connectivity index is 1.87. The third-order valence-electron chi connectivity index (χ3n) is 4.69. The predicted molar refractivity (Wildman–Crippen MR) is 113 cm³/mol. The van der Waals surface area contributed by atoms with Gasteiger partial charge >= 0.3 is 5.97 Å². The van der Waals surface area contributed by atoms with Crippen molar-refractivity contribution in [2.75, 3.05) is 43.1 Å². The maximum Gasteiger partial charge on any atom is 0.341 e. The molecule has 0 spiro atoms. The second-order valence-corrected chi connectivity index (χ2v) is 9.99. The van der Waals surface area contributed by atoms with E-state index in [0.717, 1.165) is 39.7 Å². The number of fused-ring (bicyclic) bond motifs is 1. The smallest absolute Gasteiger partial charge is 0.341 e. The van der Waals surface area contributed by atoms with Gasteiger partial charge in [-0.15, -0.1) is 11.3 Å². The van der Waals surface area contributed by atoms with E-state index in [1.807, 2.05) is 7.05 Å². The summed E-state index contributed by atoms with van der Waals surface area (Å²) in [6, 6.07) is 4.79. The summed E-state index contributed by atoms with van der Waals surface area (Å²) in [5.74, 6) is -1.69. The molecule has 1 aliphatic heterocycles. The molecule has 1 aliphatic rings. The number of thiophene rings is 1. The van der Waals surface area contributed by atoms with Gasteiger partial charge in [0.2, 0.25) is 15.9 Å². The Morgan fingerprint density at radius 2 is 1.97 bits per heavy atom. The van der Waals surface area contributed by atoms with E-state index in [4.69, 9.17) is 4.74 Å². The van der Waals surface area contributed by atoms with Crippen LogP contribution in [0.4, 0.5) is 15.1 Å². The molecule has 2 heterocycles. The fraction of sp³-hybridized carbons (Fsp3) is 0.368. The number of sulfonamides is 1. The van der Waals surface area contributed by atoms with Gasteiger partial charge in [0.1, 0.15) is 17.4 Å². The predicted octanol–water partition coefficient (Wildman–Crippen LogP) is 2.07. The maximum atomic E-state index is 13.2. The first kappa shape index (κ1) is 22.2. The number of rotatable bonds is 6. The van der Waals surface area contributed by atoms with Crippen LogP contribution in [0.15, 0.2) is 24.3 Å². The van der Waals surface area contributed by atoms with Crippen molar-refractivity contribution in [2.45, 2.75) is 13.0 Å². The van der Waals surface area contributed by atoms with Crippen LogP contribution in [0.1, 0.15) is 20.8 Å². The fourth-order valence-corrected chi connectivity index (χ4v) is 5.43. The minimum atomic E-state index is -3.80. The Bertz CT molecular complexity index is 1070. The lowest BCUT2D eigenvalue weighted by Gasteiger charge is -2.22. The van der Waals surface area contributed by atoms with E-state index in [0.29, 0.717) is 23.5 Å². The van der Waals surface area contributed by atoms with E-state index in [2.05, 4.69) is 10.2 Å². The highest BCUT2D eigenvalue weighted by Gasteiger charge is 2.29. The first-order valence-corrected chi connectivity index (χ1v) is 11.7. The summed E-state index contributed by atoms with van der Waals surface area (Å²) in [5.41, 5.74) is 1.32. The molecule has 0 bridgehead atoms. The average molecular weight is 456 g/mol. The lowest BCUT2D eigenvalue weighted by molar-refractivity contribution is -0.114. The Morgan fingerprint density at radius 1 is 1.30 bits per heavy atom. The van der Waals surface area contributed by atoms with Crippen molar-refractivity contribution in [2.24, 2.45) is 0 Å². The first-order chi connectivity index (χ1) is 14.1. The largest absolute Gasteiger partial charge is 0.465 e. The summed E-state index contributed by atoms with van der Waals surface area (Å²) >= 11 is 1.28. The molecule has 30 heavy (non-hydrogen) atoms. The summed E-state index contributed by atoms with van der Waals surface area (Å²) in [5, 5.41) is 2.99. The van der Waals surface area contributed by atoms with Crippen molar-refractivity contribution in [3.8, 4) is 0 Å². The van der Waals surface area contributed by atoms with Crippen molar-refractivity contribution in [1.82, 2.24) is 4.90 Å². The number of nitrogens with one attached hydrogen (secondary N) is 1. The molecule has 0 atom stereocenters. The van der Waals surface area contributed by atoms with E-state index in [-0.39, 0.29) is 5.69 Å². The number of anilines is 2. The van der Waals surface area contributed by atoms with Crippen LogP contribution in [0, 0.1) is 5.82 Å². The zero-order valence-corrected chi connectivity index (χ0v) is 18.4. The third-order valence-corrected chi connectivity index (χ3v) is 6.97. The number of amides is 1. The van der Waals surface area contributed by atoms with Gasteiger partial charge in [-0.05, 0) is 43.3 Å². The number of likely N-dealkylation sites (N-methyl/N-ethyl adjacent to an activating group) is 1. The topological polar surface area (TPSA) is 96.0 Å². The molecule has 1 N–H and O–H groups in total. The number of carbonyl (C=O) groups is 2. The Hall–Kier alpha value is -2.50. The minimum absolute atomic E-state index is 0.161. The summed E-state index contributed by atoms with van der Waals surface area (Å²) in [7, 11) is -0.569. The van der Waals surface area contributed by atoms with Crippen LogP contribution in [-0.2, 0) is 32.5 Å². The van der Waals surface area contributed by atoms with E-state index in [1.54, 1.807) is 0 Å². The molecule has 2 aromatic rings. The number of hydrogen-bond donors (Lipinski definition) is 1. The molecule has 0 unspecified atom stereocenters. The zero-order valence-electron chi connectivity index (χ0n) is 16.8. The Kier molecular flexibility index (Phi) is 6.44. The van der Waals surface area contributed by atoms with E-state index < -0.39 is 34.3 Å². The lowest BCUT2D eigenvalue weighted by atomic mass is 10.0. The highest BCUT2D eigenvalue weighted by molar-refractivity contribution is 7.92. The van der Waals surface area contributed by atoms with Crippen LogP contribution >= 0.6 is 11.3 Å². The molecule has 3 rings (SSSR count). The van der Waals surface area contributed by atoms with Gasteiger partial charge < -0.3 is 15.0 Å². The molecular weight excluding hydrogens is 433 g/mol. The SMILES string of the molecule is COC(=O)c1c(NC(=O)CN(c2ccc(F)cc2)S(C)(=O)=O)sc2c1CCN(C)C2. The monoisotopic (exact) mass is 455 g/mol. The average Bonchev–Trinajstić information content (AvgIpc) is 3.02. The van der Waals surface area contributed by atoms with Crippen molar-refractivity contribution in [3.63, 3.8) is 0 Å². The van der Waals surface area contributed by atoms with Crippen molar-refractivity contribution in [1.29, 1.82) is 0 Å². The van der Waals surface area contributed by atoms with Gasteiger partial charge in [-0.25, -0.2) is 17.6 Å². The molecule has 0 radical (unpaired) electrons. The molecule has 11 heteroatoms. The molecule has 0 saturated heterocycles. The minimum Gasteiger partial charge on any atom is -0.465 e. The van der Waals surface area contributed by atoms with E-state index in [9.17, 15) is 22.4 Å². The molecule has 0 aliphatic carbocycles. The number of benzene rings is 1. The highest BCUT2D eigenvalue weighted by atomic mass is 32.2. The molecule has 8 nitrogen and oxygen atoms in total. The van der Waals surface area contributed by atoms with Gasteiger partial charge in [0.15, 0.2) is 0 Å². The number of carbonyl (C=O) groups excluding carboxylic acids is 2. The van der Waals surface area contributed by atoms with Gasteiger partial charge in [0.05, 0.1) is 24.6 Å². The van der Waals surface area contributed by atoms with Gasteiger partial charge in [-0.3, -0.25) is 9.10 Å². The van der Waals surface area contributed by atoms with Crippen LogP contribution in [0.3, 0.4) is 0 Å². The zero-order chi connectivity index (χ0) is 22.1. The number of halogens is 1. The molecule has 0 saturated carbocycles. The van der Waals surface area contributed by atoms with E-state index >= 15 is 0 Å². The number of nitrogens with zero attached hydrogens (tertiary/aromatic N) is 2. The molecule has 1 amide bonds. The number of ether oxygens (including phenoxy) is 1. The summed E-state index contributed by atoms with van der Waals surface area (Å²) in [4.78, 5) is 28.1. The van der Waals surface area contributed by atoms with Crippen molar-refractivity contribution < 1.29 is 27.1 Å². The first-order valence-electron chi connectivity index (χ1n) is 9.04. The van der Waals surface area contributed by atoms with Crippen LogP contribution in [0.2, 0.25) is 0 Å². The third kappa shape index (κ3) is 4.79. The lowest BCUT2D eigenvalue weighted by Crippen LogP contribution is -2.37. The Morgan fingerprint density at radius 3 is 2.57 bits per heavy atom. The summed E-state index contributed by atoms with van der Waals surface area (Å²) in [6.07, 6.45) is 1.61. The number of methoxy groups -OCH3 is 1. The van der Waals surface area contributed by atoms with Gasteiger partial charge in [0.25, 0.3) is 0 Å². The number of hydrogen-bond acceptors (Lipinski definition) is 7. The van der Waals surface area contributed by atoms with Gasteiger partial charge in [0, 0.05) is 18.0 Å². The summed E-state index contributed by atoms with van der Waals surface area (Å²) < 4.78 is 43.4. The maximum absolute atomic E-state index is 13.2. The molecule has 162 valence electrons. The quantitative estimate of drug-likeness (QED) is 0.670. The number of esters is 1. The Labute approximate surface area is 178 Å². The normalized spacial score (nSPS) is 14.1. The van der Waals surface area contributed by atoms with Crippen molar-refractivity contribution >= 4 is 43.9 Å². The molecule has 1 aromatic heterocycles. The van der Waals surface area contributed by atoms with Crippen LogP contribution in [-0.4, -0.2) is 58.7 Å². The van der Waals surface area contributed by atoms with Crippen LogP contribution < -0.4 is 9.62 Å². The van der Waals surface area contributed by atoms with Crippen LogP contribution in [0.25, 0.3) is 0 Å². The van der Waals surface area contributed by atoms with Gasteiger partial charge in [-0.1, -0.05) is 0 Å². The van der Waals surface area contributed by atoms with Crippen molar-refractivity contribution in [3.05, 3.63) is 46.1 Å². The highest BCUT2D eigenvalue weighted by Crippen LogP contribution is 2.37. The molecular formula is C19H22FN3O5S2. The second kappa shape index (κ2) is 8.70. The standard InChI is InChI=1S/C19H22FN3O5S2/c1-22-9-8-14-15(10-22)29-18(17(14)19(25)28-2)21-16(24)11-23(30(3,26)27)13-6-4-12(20)5-7-13/h4-7H,8-11H2,1-3H3,(H,21,24). The van der Waals surface area contributed by atoms with E-state index in [1.165, 1.54) is 30.6 Å². The second-order valence-electron chi connectivity index (χ2n) is 6.98. The van der Waals surface area contributed by atoms with Crippen LogP contribution in [0.5, 0.6) is 0 Å². The van der Waals surface area contributed by atoms with Gasteiger partial charge in [-0.2, -0.15) is 0 Å². The summed E-state index contributed by atoms with van der Waals surface area (Å²) in [6.45, 7) is 0.895. The molecule has 1 aromatic carbocycles. The molecule has 0 fully saturated rings. The fourth-order valence-electron chi connectivity index (χ4n) is 3.24.